The van der Waals surface area contributed by atoms with E-state index in [1.807, 2.05) is 25.1 Å². The van der Waals surface area contributed by atoms with E-state index in [1.54, 1.807) is 42.9 Å². The lowest BCUT2D eigenvalue weighted by Crippen LogP contribution is -2.52. The lowest BCUT2D eigenvalue weighted by Gasteiger charge is -2.39. The summed E-state index contributed by atoms with van der Waals surface area (Å²) in [5, 5.41) is 27.6. The zero-order chi connectivity index (χ0) is 27.4. The lowest BCUT2D eigenvalue weighted by molar-refractivity contribution is 0.0283. The van der Waals surface area contributed by atoms with Crippen molar-refractivity contribution in [2.45, 2.75) is 38.3 Å². The van der Waals surface area contributed by atoms with Crippen molar-refractivity contribution in [2.24, 2.45) is 0 Å². The normalized spacial score (nSPS) is 18.6. The molecule has 2 N–H and O–H groups in total. The summed E-state index contributed by atoms with van der Waals surface area (Å²) in [7, 11) is 0. The minimum Gasteiger partial charge on any atom is -0.489 e. The molecule has 2 aliphatic heterocycles. The number of nitrogens with zero attached hydrogens (tertiary/aromatic N) is 5. The van der Waals surface area contributed by atoms with E-state index >= 15 is 0 Å². The molecule has 0 bridgehead atoms. The highest BCUT2D eigenvalue weighted by Gasteiger charge is 2.43. The van der Waals surface area contributed by atoms with Crippen LogP contribution in [-0.4, -0.2) is 50.5 Å². The van der Waals surface area contributed by atoms with Gasteiger partial charge < -0.3 is 20.1 Å². The first-order valence-corrected chi connectivity index (χ1v) is 12.9. The van der Waals surface area contributed by atoms with Crippen LogP contribution in [0.4, 0.5) is 10.2 Å². The number of nitriles is 1. The number of rotatable bonds is 6. The van der Waals surface area contributed by atoms with Crippen molar-refractivity contribution >= 4 is 17.0 Å². The Morgan fingerprint density at radius 3 is 2.74 bits per heavy atom. The topological polar surface area (TPSA) is 98.7 Å². The number of anilines is 1. The molecular weight excluding hydrogens is 495 g/mol. The molecular formula is C30H29FN6O2. The third-order valence-corrected chi connectivity index (χ3v) is 7.28. The molecule has 5 heterocycles. The third-order valence-electron chi connectivity index (χ3n) is 7.28. The number of aromatic nitrogens is 3. The number of aliphatic hydroxyl groups is 1. The molecule has 1 aromatic carbocycles. The van der Waals surface area contributed by atoms with Crippen LogP contribution in [0.15, 0.2) is 61.1 Å². The summed E-state index contributed by atoms with van der Waals surface area (Å²) < 4.78 is 21.2. The van der Waals surface area contributed by atoms with Crippen LogP contribution < -0.4 is 15.0 Å². The highest BCUT2D eigenvalue weighted by molar-refractivity contribution is 5.85. The zero-order valence-corrected chi connectivity index (χ0v) is 22.1. The maximum Gasteiger partial charge on any atom is 0.138 e. The number of benzene rings is 1. The number of ether oxygens (including phenoxy) is 1. The first-order valence-electron chi connectivity index (χ1n) is 12.9. The van der Waals surface area contributed by atoms with E-state index in [0.717, 1.165) is 53.3 Å². The van der Waals surface area contributed by atoms with E-state index in [1.165, 1.54) is 12.3 Å². The average molecular weight is 525 g/mol. The fraction of sp³-hybridized carbons (Fsp3) is 0.300. The van der Waals surface area contributed by atoms with E-state index in [0.29, 0.717) is 16.8 Å². The van der Waals surface area contributed by atoms with Crippen LogP contribution in [0.25, 0.3) is 22.3 Å². The average Bonchev–Trinajstić information content (AvgIpc) is 3.52. The first-order chi connectivity index (χ1) is 18.6. The minimum atomic E-state index is -0.991. The van der Waals surface area contributed by atoms with Crippen LogP contribution in [0.5, 0.6) is 5.75 Å². The Morgan fingerprint density at radius 2 is 2.03 bits per heavy atom. The molecule has 0 unspecified atom stereocenters. The zero-order valence-electron chi connectivity index (χ0n) is 22.1. The third kappa shape index (κ3) is 4.68. The van der Waals surface area contributed by atoms with Crippen molar-refractivity contribution in [3.05, 3.63) is 83.6 Å². The van der Waals surface area contributed by atoms with Gasteiger partial charge in [0, 0.05) is 41.7 Å². The number of hydrogen-bond donors (Lipinski definition) is 2. The Kier molecular flexibility index (Phi) is 5.81. The fourth-order valence-corrected chi connectivity index (χ4v) is 5.29. The van der Waals surface area contributed by atoms with Gasteiger partial charge in [-0.05, 0) is 69.2 Å². The highest BCUT2D eigenvalue weighted by Crippen LogP contribution is 2.38. The molecule has 0 amide bonds. The van der Waals surface area contributed by atoms with Crippen LogP contribution in [0.3, 0.4) is 0 Å². The molecule has 2 aliphatic rings. The van der Waals surface area contributed by atoms with Crippen molar-refractivity contribution in [1.82, 2.24) is 19.9 Å². The largest absolute Gasteiger partial charge is 0.489 e. The lowest BCUT2D eigenvalue weighted by atomic mass is 9.86. The summed E-state index contributed by atoms with van der Waals surface area (Å²) in [5.74, 6) is 1.16. The van der Waals surface area contributed by atoms with Crippen molar-refractivity contribution in [3.8, 4) is 22.9 Å². The van der Waals surface area contributed by atoms with Gasteiger partial charge in [0.05, 0.1) is 34.6 Å². The van der Waals surface area contributed by atoms with Gasteiger partial charge in [-0.15, -0.1) is 0 Å². The van der Waals surface area contributed by atoms with E-state index in [9.17, 15) is 14.8 Å². The predicted molar refractivity (Wildman–Crippen MR) is 147 cm³/mol. The van der Waals surface area contributed by atoms with Gasteiger partial charge in [0.25, 0.3) is 0 Å². The minimum absolute atomic E-state index is 0.112. The molecule has 1 spiro atoms. The summed E-state index contributed by atoms with van der Waals surface area (Å²) in [6.07, 6.45) is 8.17. The molecule has 0 saturated carbocycles. The summed E-state index contributed by atoms with van der Waals surface area (Å²) in [4.78, 5) is 7.00. The quantitative estimate of drug-likeness (QED) is 0.384. The molecule has 0 aliphatic carbocycles. The SMILES string of the molecule is Cc1ccc(F)cc1C1=C[C@@]2(CCN(c3ccc(-c4cc(OCC(C)(C)O)cn5ncc(C#N)c45)cn3)C2)N1. The summed E-state index contributed by atoms with van der Waals surface area (Å²) in [6, 6.07) is 12.9. The van der Waals surface area contributed by atoms with Crippen molar-refractivity contribution in [2.75, 3.05) is 24.6 Å². The number of aryl methyl sites for hydroxylation is 1. The van der Waals surface area contributed by atoms with Crippen LogP contribution in [0.1, 0.15) is 37.0 Å². The van der Waals surface area contributed by atoms with Crippen molar-refractivity contribution in [1.29, 1.82) is 5.26 Å². The van der Waals surface area contributed by atoms with Gasteiger partial charge >= 0.3 is 0 Å². The van der Waals surface area contributed by atoms with Gasteiger partial charge in [-0.2, -0.15) is 10.4 Å². The summed E-state index contributed by atoms with van der Waals surface area (Å²) in [5.41, 5.74) is 4.50. The van der Waals surface area contributed by atoms with Gasteiger partial charge in [0.2, 0.25) is 0 Å². The number of halogens is 1. The van der Waals surface area contributed by atoms with Crippen LogP contribution >= 0.6 is 0 Å². The second-order valence-corrected chi connectivity index (χ2v) is 11.0. The molecule has 8 nitrogen and oxygen atoms in total. The molecule has 6 rings (SSSR count). The van der Waals surface area contributed by atoms with E-state index in [4.69, 9.17) is 9.72 Å². The highest BCUT2D eigenvalue weighted by atomic mass is 19.1. The molecule has 1 atom stereocenters. The molecule has 198 valence electrons. The molecule has 1 fully saturated rings. The summed E-state index contributed by atoms with van der Waals surface area (Å²) in [6.45, 7) is 7.07. The van der Waals surface area contributed by atoms with E-state index in [-0.39, 0.29) is 18.0 Å². The van der Waals surface area contributed by atoms with Crippen LogP contribution in [0, 0.1) is 24.1 Å². The Morgan fingerprint density at radius 1 is 1.21 bits per heavy atom. The van der Waals surface area contributed by atoms with Gasteiger partial charge in [-0.1, -0.05) is 6.07 Å². The van der Waals surface area contributed by atoms with Gasteiger partial charge in [-0.3, -0.25) is 0 Å². The van der Waals surface area contributed by atoms with Crippen LogP contribution in [0.2, 0.25) is 0 Å². The molecule has 3 aromatic heterocycles. The second-order valence-electron chi connectivity index (χ2n) is 11.0. The molecule has 9 heteroatoms. The van der Waals surface area contributed by atoms with Crippen molar-refractivity contribution in [3.63, 3.8) is 0 Å². The first kappa shape index (κ1) is 24.9. The van der Waals surface area contributed by atoms with Gasteiger partial charge in [0.15, 0.2) is 0 Å². The second kappa shape index (κ2) is 9.10. The Balaban J connectivity index is 1.24. The number of nitrogens with one attached hydrogen (secondary N) is 1. The Labute approximate surface area is 226 Å². The molecule has 1 saturated heterocycles. The summed E-state index contributed by atoms with van der Waals surface area (Å²) >= 11 is 0. The van der Waals surface area contributed by atoms with E-state index in [2.05, 4.69) is 27.5 Å². The number of pyridine rings is 2. The maximum absolute atomic E-state index is 13.8. The number of fused-ring (bicyclic) bond motifs is 1. The molecule has 0 radical (unpaired) electrons. The predicted octanol–water partition coefficient (Wildman–Crippen LogP) is 4.46. The molecule has 4 aromatic rings. The Bertz CT molecular complexity index is 1650. The van der Waals surface area contributed by atoms with E-state index < -0.39 is 5.60 Å². The molecule has 39 heavy (non-hydrogen) atoms. The maximum atomic E-state index is 13.8. The Hall–Kier alpha value is -4.42. The smallest absolute Gasteiger partial charge is 0.138 e. The van der Waals surface area contributed by atoms with Gasteiger partial charge in [-0.25, -0.2) is 13.9 Å². The monoisotopic (exact) mass is 524 g/mol. The fourth-order valence-electron chi connectivity index (χ4n) is 5.29. The number of hydrogen-bond acceptors (Lipinski definition) is 7. The standard InChI is InChI=1S/C30H29FN6O2/c1-19-4-6-22(31)10-24(19)26-12-30(35-26)8-9-36(17-30)27-7-5-20(14-33-27)25-11-23(39-18-29(2,3)38)16-37-28(25)21(13-32)15-34-37/h4-7,10-12,14-16,35,38H,8-9,17-18H2,1-3H3/t30-/m1/s1. The van der Waals surface area contributed by atoms with Gasteiger partial charge in [0.1, 0.15) is 30.1 Å². The van der Waals surface area contributed by atoms with Crippen LogP contribution in [-0.2, 0) is 0 Å². The van der Waals surface area contributed by atoms with Crippen molar-refractivity contribution < 1.29 is 14.2 Å².